The molecule has 0 aliphatic heterocycles. The second-order valence-corrected chi connectivity index (χ2v) is 1.82. The van der Waals surface area contributed by atoms with E-state index in [0.717, 1.165) is 6.42 Å². The summed E-state index contributed by atoms with van der Waals surface area (Å²) in [7, 11) is 0. The first-order valence-corrected chi connectivity index (χ1v) is 3.03. The van der Waals surface area contributed by atoms with Crippen molar-refractivity contribution in [1.82, 2.24) is 0 Å². The van der Waals surface area contributed by atoms with Crippen LogP contribution < -0.4 is 5.73 Å². The third kappa shape index (κ3) is 3.81. The van der Waals surface area contributed by atoms with E-state index in [-0.39, 0.29) is 0 Å². The van der Waals surface area contributed by atoms with Crippen molar-refractivity contribution in [3.63, 3.8) is 0 Å². The molecule has 0 amide bonds. The SMILES string of the molecule is CCC=NC(C)CN. The molecule has 0 spiro atoms. The highest BCUT2D eigenvalue weighted by atomic mass is 14.8. The van der Waals surface area contributed by atoms with Crippen molar-refractivity contribution in [2.75, 3.05) is 6.54 Å². The Bertz CT molecular complexity index is 68.9. The first-order valence-electron chi connectivity index (χ1n) is 3.03. The summed E-state index contributed by atoms with van der Waals surface area (Å²) in [5, 5.41) is 0. The average molecular weight is 114 g/mol. The van der Waals surface area contributed by atoms with Gasteiger partial charge in [0.05, 0.1) is 6.04 Å². The van der Waals surface area contributed by atoms with Gasteiger partial charge in [-0.25, -0.2) is 0 Å². The van der Waals surface area contributed by atoms with Crippen molar-refractivity contribution in [2.24, 2.45) is 10.7 Å². The van der Waals surface area contributed by atoms with Crippen LogP contribution in [0, 0.1) is 0 Å². The Morgan fingerprint density at radius 2 is 2.38 bits per heavy atom. The summed E-state index contributed by atoms with van der Waals surface area (Å²) in [6.07, 6.45) is 2.90. The van der Waals surface area contributed by atoms with E-state index in [4.69, 9.17) is 5.73 Å². The third-order valence-corrected chi connectivity index (χ3v) is 0.884. The summed E-state index contributed by atoms with van der Waals surface area (Å²) in [6, 6.07) is 0.301. The van der Waals surface area contributed by atoms with Crippen molar-refractivity contribution in [3.05, 3.63) is 0 Å². The molecule has 48 valence electrons. The number of hydrogen-bond donors (Lipinski definition) is 1. The van der Waals surface area contributed by atoms with Crippen LogP contribution in [0.25, 0.3) is 0 Å². The molecule has 0 radical (unpaired) electrons. The van der Waals surface area contributed by atoms with E-state index in [0.29, 0.717) is 12.6 Å². The topological polar surface area (TPSA) is 38.4 Å². The van der Waals surface area contributed by atoms with Crippen molar-refractivity contribution < 1.29 is 0 Å². The maximum absolute atomic E-state index is 5.30. The molecule has 0 aliphatic rings. The average Bonchev–Trinajstić information content (AvgIpc) is 1.83. The molecular weight excluding hydrogens is 100 g/mol. The Morgan fingerprint density at radius 3 is 2.75 bits per heavy atom. The fourth-order valence-corrected chi connectivity index (χ4v) is 0.346. The highest BCUT2D eigenvalue weighted by Gasteiger charge is 1.88. The second kappa shape index (κ2) is 4.78. The summed E-state index contributed by atoms with van der Waals surface area (Å²) in [5.74, 6) is 0. The van der Waals surface area contributed by atoms with Crippen molar-refractivity contribution in [1.29, 1.82) is 0 Å². The Kier molecular flexibility index (Phi) is 4.56. The molecule has 0 saturated carbocycles. The molecular formula is C6H14N2. The van der Waals surface area contributed by atoms with Gasteiger partial charge in [0.25, 0.3) is 0 Å². The van der Waals surface area contributed by atoms with E-state index in [1.807, 2.05) is 13.1 Å². The molecule has 0 heterocycles. The summed E-state index contributed by atoms with van der Waals surface area (Å²) >= 11 is 0. The van der Waals surface area contributed by atoms with E-state index < -0.39 is 0 Å². The molecule has 2 heteroatoms. The summed E-state index contributed by atoms with van der Waals surface area (Å²) in [6.45, 7) is 4.72. The lowest BCUT2D eigenvalue weighted by Crippen LogP contribution is -2.13. The first kappa shape index (κ1) is 7.63. The predicted octanol–water partition coefficient (Wildman–Crippen LogP) is 0.814. The Hall–Kier alpha value is -0.370. The zero-order valence-electron chi connectivity index (χ0n) is 5.59. The molecule has 2 nitrogen and oxygen atoms in total. The normalized spacial score (nSPS) is 14.9. The molecule has 8 heavy (non-hydrogen) atoms. The molecule has 2 N–H and O–H groups in total. The van der Waals surface area contributed by atoms with Crippen molar-refractivity contribution >= 4 is 6.21 Å². The molecule has 0 aromatic carbocycles. The van der Waals surface area contributed by atoms with Gasteiger partial charge in [0, 0.05) is 6.54 Å². The Labute approximate surface area is 50.8 Å². The van der Waals surface area contributed by atoms with Crippen LogP contribution in [0.5, 0.6) is 0 Å². The predicted molar refractivity (Wildman–Crippen MR) is 37.3 cm³/mol. The van der Waals surface area contributed by atoms with Crippen LogP contribution in [-0.4, -0.2) is 18.8 Å². The molecule has 0 rings (SSSR count). The van der Waals surface area contributed by atoms with Gasteiger partial charge in [-0.2, -0.15) is 0 Å². The minimum Gasteiger partial charge on any atom is -0.328 e. The summed E-state index contributed by atoms with van der Waals surface area (Å²) in [5.41, 5.74) is 5.30. The maximum atomic E-state index is 5.30. The van der Waals surface area contributed by atoms with Gasteiger partial charge in [-0.3, -0.25) is 4.99 Å². The molecule has 0 aromatic heterocycles. The molecule has 0 bridgehead atoms. The van der Waals surface area contributed by atoms with E-state index >= 15 is 0 Å². The first-order chi connectivity index (χ1) is 3.81. The van der Waals surface area contributed by atoms with Gasteiger partial charge in [0.2, 0.25) is 0 Å². The van der Waals surface area contributed by atoms with E-state index in [1.165, 1.54) is 0 Å². The maximum Gasteiger partial charge on any atom is 0.0589 e. The third-order valence-electron chi connectivity index (χ3n) is 0.884. The molecule has 0 aliphatic carbocycles. The Balaban J connectivity index is 3.21. The van der Waals surface area contributed by atoms with Gasteiger partial charge in [-0.15, -0.1) is 0 Å². The second-order valence-electron chi connectivity index (χ2n) is 1.82. The largest absolute Gasteiger partial charge is 0.328 e. The number of nitrogens with two attached hydrogens (primary N) is 1. The van der Waals surface area contributed by atoms with E-state index in [9.17, 15) is 0 Å². The molecule has 0 fully saturated rings. The van der Waals surface area contributed by atoms with Crippen LogP contribution in [0.4, 0.5) is 0 Å². The molecule has 0 saturated heterocycles. The zero-order valence-corrected chi connectivity index (χ0v) is 5.59. The lowest BCUT2D eigenvalue weighted by Gasteiger charge is -1.97. The minimum absolute atomic E-state index is 0.301. The smallest absolute Gasteiger partial charge is 0.0589 e. The van der Waals surface area contributed by atoms with Gasteiger partial charge in [0.15, 0.2) is 0 Å². The van der Waals surface area contributed by atoms with Crippen LogP contribution in [0.2, 0.25) is 0 Å². The van der Waals surface area contributed by atoms with Crippen molar-refractivity contribution in [3.8, 4) is 0 Å². The van der Waals surface area contributed by atoms with Gasteiger partial charge in [0.1, 0.15) is 0 Å². The fraction of sp³-hybridized carbons (Fsp3) is 0.833. The highest BCUT2D eigenvalue weighted by Crippen LogP contribution is 1.82. The molecule has 0 aromatic rings. The zero-order chi connectivity index (χ0) is 6.41. The van der Waals surface area contributed by atoms with Crippen LogP contribution in [0.1, 0.15) is 20.3 Å². The lowest BCUT2D eigenvalue weighted by molar-refractivity contribution is 0.756. The fourth-order valence-electron chi connectivity index (χ4n) is 0.346. The van der Waals surface area contributed by atoms with Crippen LogP contribution in [-0.2, 0) is 0 Å². The standard InChI is InChI=1S/C6H14N2/c1-3-4-8-6(2)5-7/h4,6H,3,5,7H2,1-2H3. The number of rotatable bonds is 3. The summed E-state index contributed by atoms with van der Waals surface area (Å²) < 4.78 is 0. The van der Waals surface area contributed by atoms with Gasteiger partial charge in [-0.05, 0) is 19.6 Å². The summed E-state index contributed by atoms with van der Waals surface area (Å²) in [4.78, 5) is 4.11. The van der Waals surface area contributed by atoms with Crippen LogP contribution >= 0.6 is 0 Å². The van der Waals surface area contributed by atoms with Crippen LogP contribution in [0.3, 0.4) is 0 Å². The monoisotopic (exact) mass is 114 g/mol. The quantitative estimate of drug-likeness (QED) is 0.542. The highest BCUT2D eigenvalue weighted by molar-refractivity contribution is 5.56. The molecule has 1 atom stereocenters. The van der Waals surface area contributed by atoms with Gasteiger partial charge >= 0.3 is 0 Å². The Morgan fingerprint density at radius 1 is 1.75 bits per heavy atom. The number of hydrogen-bond acceptors (Lipinski definition) is 2. The van der Waals surface area contributed by atoms with Gasteiger partial charge < -0.3 is 5.73 Å². The molecule has 1 unspecified atom stereocenters. The van der Waals surface area contributed by atoms with E-state index in [2.05, 4.69) is 11.9 Å². The van der Waals surface area contributed by atoms with Crippen molar-refractivity contribution in [2.45, 2.75) is 26.3 Å². The number of aliphatic imine (C=N–C) groups is 1. The van der Waals surface area contributed by atoms with Gasteiger partial charge in [-0.1, -0.05) is 6.92 Å². The van der Waals surface area contributed by atoms with Crippen LogP contribution in [0.15, 0.2) is 4.99 Å². The van der Waals surface area contributed by atoms with E-state index in [1.54, 1.807) is 0 Å². The lowest BCUT2D eigenvalue weighted by atomic mass is 10.4. The minimum atomic E-state index is 0.301. The number of nitrogens with zero attached hydrogens (tertiary/aromatic N) is 1.